The predicted octanol–water partition coefficient (Wildman–Crippen LogP) is 1.56. The molecule has 1 aliphatic heterocycles. The summed E-state index contributed by atoms with van der Waals surface area (Å²) >= 11 is 0. The highest BCUT2D eigenvalue weighted by Gasteiger charge is 2.26. The van der Waals surface area contributed by atoms with Crippen molar-refractivity contribution < 1.29 is 19.4 Å². The third-order valence-electron chi connectivity index (χ3n) is 3.53. The molecule has 6 heteroatoms. The fourth-order valence-electron chi connectivity index (χ4n) is 2.51. The number of nitrogens with zero attached hydrogens (tertiary/aromatic N) is 1. The molecule has 2 rings (SSSR count). The van der Waals surface area contributed by atoms with Gasteiger partial charge in [-0.25, -0.2) is 9.59 Å². The maximum Gasteiger partial charge on any atom is 0.328 e. The van der Waals surface area contributed by atoms with Crippen LogP contribution in [-0.4, -0.2) is 43.4 Å². The fourth-order valence-corrected chi connectivity index (χ4v) is 2.51. The van der Waals surface area contributed by atoms with Gasteiger partial charge in [0.05, 0.1) is 6.61 Å². The Kier molecular flexibility index (Phi) is 4.80. The maximum atomic E-state index is 12.3. The van der Waals surface area contributed by atoms with Gasteiger partial charge in [0.2, 0.25) is 0 Å². The van der Waals surface area contributed by atoms with Crippen molar-refractivity contribution >= 4 is 17.7 Å². The molecule has 2 N–H and O–H groups in total. The molecule has 0 saturated heterocycles. The molecular weight excluding hydrogens is 272 g/mol. The van der Waals surface area contributed by atoms with Gasteiger partial charge in [0.25, 0.3) is 0 Å². The topological polar surface area (TPSA) is 78.9 Å². The second-order valence-electron chi connectivity index (χ2n) is 5.18. The average molecular weight is 292 g/mol. The summed E-state index contributed by atoms with van der Waals surface area (Å²) in [5.74, 6) is -1.11. The standard InChI is InChI=1S/C15H20N2O4/c1-10-5-6-13-11(8-10)4-3-7-17(13)15(20)16-12(9-21-2)14(18)19/h5-6,8,12H,3-4,7,9H2,1-2H3,(H,16,20)(H,18,19). The zero-order valence-corrected chi connectivity index (χ0v) is 12.3. The molecule has 0 spiro atoms. The number of carboxylic acid groups (broad SMARTS) is 1. The number of carbonyl (C=O) groups is 2. The SMILES string of the molecule is COCC(NC(=O)N1CCCc2cc(C)ccc21)C(=O)O. The number of hydrogen-bond acceptors (Lipinski definition) is 3. The number of amides is 2. The average Bonchev–Trinajstić information content (AvgIpc) is 2.45. The van der Waals surface area contributed by atoms with Gasteiger partial charge in [-0.3, -0.25) is 4.90 Å². The number of benzene rings is 1. The van der Waals surface area contributed by atoms with Crippen molar-refractivity contribution in [3.63, 3.8) is 0 Å². The van der Waals surface area contributed by atoms with Crippen LogP contribution in [0.1, 0.15) is 17.5 Å². The molecule has 2 amide bonds. The van der Waals surface area contributed by atoms with Crippen LogP contribution in [0.5, 0.6) is 0 Å². The molecule has 0 aliphatic carbocycles. The Bertz CT molecular complexity index is 544. The Balaban J connectivity index is 2.16. The highest BCUT2D eigenvalue weighted by atomic mass is 16.5. The highest BCUT2D eigenvalue weighted by Crippen LogP contribution is 2.27. The summed E-state index contributed by atoms with van der Waals surface area (Å²) in [7, 11) is 1.40. The number of fused-ring (bicyclic) bond motifs is 1. The monoisotopic (exact) mass is 292 g/mol. The largest absolute Gasteiger partial charge is 0.480 e. The first-order valence-electron chi connectivity index (χ1n) is 6.92. The summed E-state index contributed by atoms with van der Waals surface area (Å²) in [4.78, 5) is 25.0. The molecule has 1 atom stereocenters. The van der Waals surface area contributed by atoms with E-state index in [1.807, 2.05) is 19.1 Å². The molecule has 6 nitrogen and oxygen atoms in total. The first kappa shape index (κ1) is 15.3. The molecule has 0 aromatic heterocycles. The number of methoxy groups -OCH3 is 1. The second-order valence-corrected chi connectivity index (χ2v) is 5.18. The van der Waals surface area contributed by atoms with Crippen molar-refractivity contribution in [2.45, 2.75) is 25.8 Å². The summed E-state index contributed by atoms with van der Waals surface area (Å²) in [6.45, 7) is 2.54. The van der Waals surface area contributed by atoms with Crippen molar-refractivity contribution in [2.75, 3.05) is 25.2 Å². The molecule has 114 valence electrons. The minimum absolute atomic E-state index is 0.0599. The molecule has 21 heavy (non-hydrogen) atoms. The Hall–Kier alpha value is -2.08. The van der Waals surface area contributed by atoms with E-state index in [2.05, 4.69) is 11.4 Å². The zero-order chi connectivity index (χ0) is 15.4. The molecule has 1 heterocycles. The van der Waals surface area contributed by atoms with E-state index in [-0.39, 0.29) is 6.61 Å². The third-order valence-corrected chi connectivity index (χ3v) is 3.53. The van der Waals surface area contributed by atoms with E-state index < -0.39 is 18.0 Å². The van der Waals surface area contributed by atoms with Crippen LogP contribution in [0.3, 0.4) is 0 Å². The van der Waals surface area contributed by atoms with E-state index >= 15 is 0 Å². The second kappa shape index (κ2) is 6.58. The minimum Gasteiger partial charge on any atom is -0.480 e. The number of ether oxygens (including phenoxy) is 1. The van der Waals surface area contributed by atoms with Gasteiger partial charge in [-0.15, -0.1) is 0 Å². The van der Waals surface area contributed by atoms with E-state index in [0.717, 1.165) is 29.7 Å². The number of rotatable bonds is 4. The van der Waals surface area contributed by atoms with Crippen molar-refractivity contribution in [2.24, 2.45) is 0 Å². The van der Waals surface area contributed by atoms with Crippen LogP contribution in [0.2, 0.25) is 0 Å². The first-order chi connectivity index (χ1) is 10.0. The van der Waals surface area contributed by atoms with Crippen molar-refractivity contribution in [1.82, 2.24) is 5.32 Å². The van der Waals surface area contributed by atoms with Crippen LogP contribution in [0.25, 0.3) is 0 Å². The summed E-state index contributed by atoms with van der Waals surface area (Å²) in [6.07, 6.45) is 1.80. The normalized spacial score (nSPS) is 15.2. The molecular formula is C15H20N2O4. The highest BCUT2D eigenvalue weighted by molar-refractivity contribution is 5.95. The van der Waals surface area contributed by atoms with Gasteiger partial charge in [-0.05, 0) is 31.4 Å². The first-order valence-corrected chi connectivity index (χ1v) is 6.92. The fraction of sp³-hybridized carbons (Fsp3) is 0.467. The van der Waals surface area contributed by atoms with Crippen LogP contribution in [0.15, 0.2) is 18.2 Å². The van der Waals surface area contributed by atoms with Gasteiger partial charge < -0.3 is 15.2 Å². The van der Waals surface area contributed by atoms with E-state index in [1.165, 1.54) is 7.11 Å². The molecule has 1 aliphatic rings. The van der Waals surface area contributed by atoms with Gasteiger partial charge in [0.15, 0.2) is 6.04 Å². The predicted molar refractivity (Wildman–Crippen MR) is 78.7 cm³/mol. The lowest BCUT2D eigenvalue weighted by molar-refractivity contribution is -0.140. The van der Waals surface area contributed by atoms with Crippen LogP contribution in [-0.2, 0) is 16.0 Å². The van der Waals surface area contributed by atoms with Gasteiger partial charge in [-0.1, -0.05) is 17.7 Å². The van der Waals surface area contributed by atoms with Crippen LogP contribution >= 0.6 is 0 Å². The Labute approximate surface area is 123 Å². The van der Waals surface area contributed by atoms with Gasteiger partial charge in [0.1, 0.15) is 0 Å². The van der Waals surface area contributed by atoms with Crippen molar-refractivity contribution in [3.05, 3.63) is 29.3 Å². The molecule has 1 aromatic carbocycles. The minimum atomic E-state index is -1.11. The number of urea groups is 1. The summed E-state index contributed by atoms with van der Waals surface area (Å²) in [6, 6.07) is 4.49. The molecule has 0 fully saturated rings. The molecule has 1 aromatic rings. The number of aliphatic carboxylic acids is 1. The Morgan fingerprint density at radius 2 is 2.24 bits per heavy atom. The zero-order valence-electron chi connectivity index (χ0n) is 12.3. The van der Waals surface area contributed by atoms with Gasteiger partial charge >= 0.3 is 12.0 Å². The van der Waals surface area contributed by atoms with E-state index in [1.54, 1.807) is 4.90 Å². The van der Waals surface area contributed by atoms with Crippen LogP contribution in [0, 0.1) is 6.92 Å². The lowest BCUT2D eigenvalue weighted by Crippen LogP contribution is -2.51. The summed E-state index contributed by atoms with van der Waals surface area (Å²) in [5, 5.41) is 11.6. The van der Waals surface area contributed by atoms with Gasteiger partial charge in [0, 0.05) is 19.3 Å². The van der Waals surface area contributed by atoms with Crippen molar-refractivity contribution in [1.29, 1.82) is 0 Å². The number of anilines is 1. The van der Waals surface area contributed by atoms with E-state index in [0.29, 0.717) is 6.54 Å². The number of carbonyl (C=O) groups excluding carboxylic acids is 1. The van der Waals surface area contributed by atoms with Crippen molar-refractivity contribution in [3.8, 4) is 0 Å². The number of nitrogens with one attached hydrogen (secondary N) is 1. The molecule has 0 saturated carbocycles. The lowest BCUT2D eigenvalue weighted by atomic mass is 10.00. The lowest BCUT2D eigenvalue weighted by Gasteiger charge is -2.30. The summed E-state index contributed by atoms with van der Waals surface area (Å²) < 4.78 is 4.82. The van der Waals surface area contributed by atoms with Crippen LogP contribution in [0.4, 0.5) is 10.5 Å². The van der Waals surface area contributed by atoms with Crippen LogP contribution < -0.4 is 10.2 Å². The smallest absolute Gasteiger partial charge is 0.328 e. The number of hydrogen-bond donors (Lipinski definition) is 2. The van der Waals surface area contributed by atoms with Gasteiger partial charge in [-0.2, -0.15) is 0 Å². The molecule has 1 unspecified atom stereocenters. The van der Waals surface area contributed by atoms with E-state index in [9.17, 15) is 9.59 Å². The quantitative estimate of drug-likeness (QED) is 0.882. The Morgan fingerprint density at radius 3 is 2.90 bits per heavy atom. The van der Waals surface area contributed by atoms with E-state index in [4.69, 9.17) is 9.84 Å². The number of carboxylic acids is 1. The molecule has 0 radical (unpaired) electrons. The Morgan fingerprint density at radius 1 is 1.48 bits per heavy atom. The number of aryl methyl sites for hydroxylation is 2. The maximum absolute atomic E-state index is 12.3. The molecule has 0 bridgehead atoms. The third kappa shape index (κ3) is 3.52. The summed E-state index contributed by atoms with van der Waals surface area (Å²) in [5.41, 5.74) is 3.12.